The van der Waals surface area contributed by atoms with Crippen molar-refractivity contribution in [3.8, 4) is 11.3 Å². The highest BCUT2D eigenvalue weighted by molar-refractivity contribution is 6.03. The van der Waals surface area contributed by atoms with Crippen molar-refractivity contribution in [2.45, 2.75) is 65.3 Å². The predicted octanol–water partition coefficient (Wildman–Crippen LogP) is 4.10. The summed E-state index contributed by atoms with van der Waals surface area (Å²) in [6.07, 6.45) is 5.94. The molecule has 1 aromatic carbocycles. The summed E-state index contributed by atoms with van der Waals surface area (Å²) in [5.41, 5.74) is 15.1. The van der Waals surface area contributed by atoms with Gasteiger partial charge in [0, 0.05) is 17.7 Å². The van der Waals surface area contributed by atoms with Crippen molar-refractivity contribution in [1.82, 2.24) is 14.9 Å². The predicted molar refractivity (Wildman–Crippen MR) is 130 cm³/mol. The van der Waals surface area contributed by atoms with Crippen LogP contribution in [0.4, 0.5) is 11.7 Å². The fourth-order valence-corrected chi connectivity index (χ4v) is 4.38. The van der Waals surface area contributed by atoms with Crippen LogP contribution in [0.25, 0.3) is 11.3 Å². The minimum atomic E-state index is -0.629. The number of nitrogens with two attached hydrogens (primary N) is 2. The number of carbonyl (C=O) groups is 2. The van der Waals surface area contributed by atoms with Crippen LogP contribution in [0.1, 0.15) is 74.1 Å². The zero-order valence-electron chi connectivity index (χ0n) is 19.9. The lowest BCUT2D eigenvalue weighted by Crippen LogP contribution is -2.25. The number of amides is 2. The molecule has 2 heterocycles. The lowest BCUT2D eigenvalue weighted by molar-refractivity contribution is -0.115. The molecule has 0 unspecified atom stereocenters. The number of hydrogen-bond donors (Lipinski definition) is 3. The maximum Gasteiger partial charge on any atom is 0.254 e. The number of nitrogens with zero attached hydrogens (tertiary/aromatic N) is 3. The third-order valence-electron chi connectivity index (χ3n) is 6.64. The fourth-order valence-electron chi connectivity index (χ4n) is 4.38. The molecule has 0 spiro atoms. The first kappa shape index (κ1) is 23.5. The first-order chi connectivity index (χ1) is 16.1. The molecule has 9 heteroatoms. The average molecular weight is 465 g/mol. The summed E-state index contributed by atoms with van der Waals surface area (Å²) in [5, 5.41) is 11.3. The maximum atomic E-state index is 12.5. The van der Waals surface area contributed by atoms with E-state index < -0.39 is 5.91 Å². The van der Waals surface area contributed by atoms with Crippen LogP contribution in [0.5, 0.6) is 0 Å². The van der Waals surface area contributed by atoms with E-state index in [1.165, 1.54) is 19.3 Å². The van der Waals surface area contributed by atoms with Gasteiger partial charge in [-0.25, -0.2) is 4.68 Å². The number of aryl methyl sites for hydroxylation is 1. The Kier molecular flexibility index (Phi) is 6.45. The first-order valence-corrected chi connectivity index (χ1v) is 11.7. The maximum absolute atomic E-state index is 12.5. The van der Waals surface area contributed by atoms with E-state index in [0.717, 1.165) is 24.1 Å². The Morgan fingerprint density at radius 2 is 1.94 bits per heavy atom. The molecule has 0 atom stereocenters. The van der Waals surface area contributed by atoms with Gasteiger partial charge in [0.15, 0.2) is 0 Å². The molecule has 2 aromatic heterocycles. The van der Waals surface area contributed by atoms with E-state index in [2.05, 4.69) is 22.5 Å². The standard InChI is InChI=1S/C25H32N6O3/c1-15(2)31-23(26)21(24(27)33)22(29-31)17-7-5-16(6-8-17)13-19(32)28-20-14-18(30-34-20)9-12-25(3)10-4-11-25/h5-8,14-15H,4,9-13,26H2,1-3H3,(H2,27,33)(H,28,32). The second-order valence-electron chi connectivity index (χ2n) is 9.78. The molecule has 1 aliphatic carbocycles. The normalized spacial score (nSPS) is 14.7. The number of primary amides is 1. The van der Waals surface area contributed by atoms with Crippen LogP contribution in [0.2, 0.25) is 0 Å². The summed E-state index contributed by atoms with van der Waals surface area (Å²) in [6, 6.07) is 9.01. The quantitative estimate of drug-likeness (QED) is 0.435. The Labute approximate surface area is 198 Å². The lowest BCUT2D eigenvalue weighted by atomic mass is 9.67. The number of carbonyl (C=O) groups excluding carboxylic acids is 2. The van der Waals surface area contributed by atoms with Crippen LogP contribution < -0.4 is 16.8 Å². The van der Waals surface area contributed by atoms with Crippen molar-refractivity contribution in [2.75, 3.05) is 11.1 Å². The van der Waals surface area contributed by atoms with E-state index >= 15 is 0 Å². The summed E-state index contributed by atoms with van der Waals surface area (Å²) in [7, 11) is 0. The van der Waals surface area contributed by atoms with Crippen molar-refractivity contribution in [1.29, 1.82) is 0 Å². The zero-order chi connectivity index (χ0) is 24.5. The van der Waals surface area contributed by atoms with Crippen molar-refractivity contribution in [2.24, 2.45) is 11.1 Å². The highest BCUT2D eigenvalue weighted by atomic mass is 16.5. The first-order valence-electron chi connectivity index (χ1n) is 11.7. The van der Waals surface area contributed by atoms with E-state index in [-0.39, 0.29) is 29.8 Å². The highest BCUT2D eigenvalue weighted by Gasteiger charge is 2.31. The van der Waals surface area contributed by atoms with Gasteiger partial charge in [-0.15, -0.1) is 0 Å². The number of hydrogen-bond acceptors (Lipinski definition) is 6. The minimum absolute atomic E-state index is 0.0206. The second-order valence-corrected chi connectivity index (χ2v) is 9.78. The molecule has 1 saturated carbocycles. The van der Waals surface area contributed by atoms with E-state index in [1.807, 2.05) is 26.0 Å². The van der Waals surface area contributed by atoms with Gasteiger partial charge in [0.1, 0.15) is 17.1 Å². The Morgan fingerprint density at radius 3 is 2.53 bits per heavy atom. The van der Waals surface area contributed by atoms with Crippen molar-refractivity contribution in [3.05, 3.63) is 47.2 Å². The molecule has 180 valence electrons. The molecular formula is C25H32N6O3. The van der Waals surface area contributed by atoms with E-state index in [4.69, 9.17) is 16.0 Å². The van der Waals surface area contributed by atoms with Gasteiger partial charge >= 0.3 is 0 Å². The van der Waals surface area contributed by atoms with Gasteiger partial charge in [-0.1, -0.05) is 42.8 Å². The van der Waals surface area contributed by atoms with Gasteiger partial charge in [0.2, 0.25) is 11.8 Å². The Morgan fingerprint density at radius 1 is 1.24 bits per heavy atom. The van der Waals surface area contributed by atoms with Crippen LogP contribution >= 0.6 is 0 Å². The Hall–Kier alpha value is -3.62. The molecule has 34 heavy (non-hydrogen) atoms. The second kappa shape index (κ2) is 9.32. The number of nitrogens with one attached hydrogen (secondary N) is 1. The van der Waals surface area contributed by atoms with Crippen LogP contribution in [0.3, 0.4) is 0 Å². The monoisotopic (exact) mass is 464 g/mol. The SMILES string of the molecule is CC(C)n1nc(-c2ccc(CC(=O)Nc3cc(CCC4(C)CCC4)no3)cc2)c(C(N)=O)c1N. The number of anilines is 2. The van der Waals surface area contributed by atoms with Crippen molar-refractivity contribution < 1.29 is 14.1 Å². The molecule has 0 aliphatic heterocycles. The highest BCUT2D eigenvalue weighted by Crippen LogP contribution is 2.44. The topological polar surface area (TPSA) is 142 Å². The molecule has 0 radical (unpaired) electrons. The summed E-state index contributed by atoms with van der Waals surface area (Å²) < 4.78 is 6.87. The van der Waals surface area contributed by atoms with Crippen LogP contribution in [-0.4, -0.2) is 26.8 Å². The summed E-state index contributed by atoms with van der Waals surface area (Å²) >= 11 is 0. The molecule has 9 nitrogen and oxygen atoms in total. The summed E-state index contributed by atoms with van der Waals surface area (Å²) in [4.78, 5) is 24.5. The van der Waals surface area contributed by atoms with Crippen LogP contribution in [-0.2, 0) is 17.6 Å². The summed E-state index contributed by atoms with van der Waals surface area (Å²) in [6.45, 7) is 6.15. The molecule has 1 fully saturated rings. The Bertz CT molecular complexity index is 1190. The van der Waals surface area contributed by atoms with Gasteiger partial charge < -0.3 is 16.0 Å². The molecule has 0 saturated heterocycles. The van der Waals surface area contributed by atoms with E-state index in [1.54, 1.807) is 22.9 Å². The number of rotatable bonds is 9. The number of aromatic nitrogens is 3. The number of benzene rings is 1. The molecular weight excluding hydrogens is 432 g/mol. The minimum Gasteiger partial charge on any atom is -0.383 e. The van der Waals surface area contributed by atoms with Crippen molar-refractivity contribution >= 4 is 23.5 Å². The van der Waals surface area contributed by atoms with Gasteiger partial charge in [-0.2, -0.15) is 5.10 Å². The molecule has 1 aliphatic rings. The molecule has 5 N–H and O–H groups in total. The fraction of sp³-hybridized carbons (Fsp3) is 0.440. The van der Waals surface area contributed by atoms with Gasteiger partial charge in [0.25, 0.3) is 5.91 Å². The molecule has 4 rings (SSSR count). The van der Waals surface area contributed by atoms with Gasteiger partial charge in [-0.05, 0) is 50.5 Å². The lowest BCUT2D eigenvalue weighted by Gasteiger charge is -2.38. The van der Waals surface area contributed by atoms with Gasteiger partial charge in [-0.3, -0.25) is 14.9 Å². The molecule has 2 amide bonds. The smallest absolute Gasteiger partial charge is 0.254 e. The molecule has 0 bridgehead atoms. The summed E-state index contributed by atoms with van der Waals surface area (Å²) in [5.74, 6) is -0.228. The Balaban J connectivity index is 1.38. The van der Waals surface area contributed by atoms with E-state index in [0.29, 0.717) is 22.6 Å². The van der Waals surface area contributed by atoms with Crippen molar-refractivity contribution in [3.63, 3.8) is 0 Å². The van der Waals surface area contributed by atoms with Crippen LogP contribution in [0.15, 0.2) is 34.9 Å². The van der Waals surface area contributed by atoms with Crippen LogP contribution in [0, 0.1) is 5.41 Å². The third kappa shape index (κ3) is 4.98. The average Bonchev–Trinajstić information content (AvgIpc) is 3.35. The molecule has 3 aromatic rings. The number of nitrogen functional groups attached to an aromatic ring is 1. The zero-order valence-corrected chi connectivity index (χ0v) is 19.9. The third-order valence-corrected chi connectivity index (χ3v) is 6.64. The van der Waals surface area contributed by atoms with E-state index in [9.17, 15) is 9.59 Å². The van der Waals surface area contributed by atoms with Gasteiger partial charge in [0.05, 0.1) is 12.1 Å². The largest absolute Gasteiger partial charge is 0.383 e.